The number of rotatable bonds is 5. The lowest BCUT2D eigenvalue weighted by atomic mass is 9.90. The third-order valence-electron chi connectivity index (χ3n) is 6.85. The maximum atomic E-state index is 13.4. The summed E-state index contributed by atoms with van der Waals surface area (Å²) in [4.78, 5) is 43.1. The van der Waals surface area contributed by atoms with Gasteiger partial charge in [0, 0.05) is 54.3 Å². The molecule has 2 amide bonds. The zero-order chi connectivity index (χ0) is 23.9. The predicted octanol–water partition coefficient (Wildman–Crippen LogP) is 3.93. The number of hydrogen-bond donors (Lipinski definition) is 0. The maximum absolute atomic E-state index is 13.4. The Bertz CT molecular complexity index is 1510. The van der Waals surface area contributed by atoms with Crippen LogP contribution < -0.4 is 5.43 Å². The van der Waals surface area contributed by atoms with Crippen molar-refractivity contribution in [2.75, 3.05) is 39.4 Å². The van der Waals surface area contributed by atoms with Crippen LogP contribution in [0.15, 0.2) is 69.9 Å². The Hall–Kier alpha value is -3.81. The molecule has 0 bridgehead atoms. The predicted molar refractivity (Wildman–Crippen MR) is 133 cm³/mol. The van der Waals surface area contributed by atoms with Crippen LogP contribution in [-0.4, -0.2) is 61.0 Å². The van der Waals surface area contributed by atoms with Crippen molar-refractivity contribution >= 4 is 33.6 Å². The zero-order valence-electron chi connectivity index (χ0n) is 19.2. The van der Waals surface area contributed by atoms with Crippen molar-refractivity contribution in [3.8, 4) is 11.3 Å². The summed E-state index contributed by atoms with van der Waals surface area (Å²) in [6.07, 6.45) is 0.711. The van der Waals surface area contributed by atoms with Crippen LogP contribution in [0.5, 0.6) is 0 Å². The van der Waals surface area contributed by atoms with E-state index in [1.54, 1.807) is 36.4 Å². The molecule has 176 valence electrons. The van der Waals surface area contributed by atoms with Gasteiger partial charge in [0.25, 0.3) is 11.8 Å². The third-order valence-corrected chi connectivity index (χ3v) is 6.85. The quantitative estimate of drug-likeness (QED) is 0.413. The second-order valence-corrected chi connectivity index (χ2v) is 8.93. The minimum Gasteiger partial charge on any atom is -0.456 e. The highest BCUT2D eigenvalue weighted by molar-refractivity contribution is 6.26. The van der Waals surface area contributed by atoms with E-state index in [1.807, 2.05) is 18.2 Å². The van der Waals surface area contributed by atoms with Crippen molar-refractivity contribution in [3.05, 3.63) is 82.0 Å². The normalized spacial score (nSPS) is 16.4. The topological polar surface area (TPSA) is 80.1 Å². The first kappa shape index (κ1) is 21.7. The van der Waals surface area contributed by atoms with E-state index in [4.69, 9.17) is 9.15 Å². The molecule has 0 aliphatic carbocycles. The summed E-state index contributed by atoms with van der Waals surface area (Å²) in [6, 6.07) is 17.5. The number of fused-ring (bicyclic) bond motifs is 1. The van der Waals surface area contributed by atoms with Crippen molar-refractivity contribution < 1.29 is 18.7 Å². The van der Waals surface area contributed by atoms with Gasteiger partial charge in [0.05, 0.1) is 18.6 Å². The molecule has 4 aromatic rings. The van der Waals surface area contributed by atoms with Gasteiger partial charge in [-0.05, 0) is 42.1 Å². The highest BCUT2D eigenvalue weighted by atomic mass is 16.5. The molecule has 0 unspecified atom stereocenters. The molecular formula is C28H24N2O5. The van der Waals surface area contributed by atoms with E-state index in [-0.39, 0.29) is 17.2 Å². The van der Waals surface area contributed by atoms with E-state index >= 15 is 0 Å². The Morgan fingerprint density at radius 2 is 1.46 bits per heavy atom. The fourth-order valence-electron chi connectivity index (χ4n) is 5.08. The number of para-hydroxylation sites is 1. The van der Waals surface area contributed by atoms with Crippen molar-refractivity contribution in [3.63, 3.8) is 0 Å². The largest absolute Gasteiger partial charge is 0.456 e. The summed E-state index contributed by atoms with van der Waals surface area (Å²) in [5, 5.41) is 1.84. The molecule has 0 radical (unpaired) electrons. The molecule has 0 saturated carbocycles. The smallest absolute Gasteiger partial charge is 0.261 e. The molecule has 7 heteroatoms. The number of carbonyl (C=O) groups is 2. The van der Waals surface area contributed by atoms with E-state index < -0.39 is 0 Å². The number of nitrogens with zero attached hydrogens (tertiary/aromatic N) is 2. The summed E-state index contributed by atoms with van der Waals surface area (Å²) in [7, 11) is 0. The standard InChI is InChI=1S/C28H24N2O5/c31-23-17-25(35-24-8-2-1-5-20(23)24)18-9-10-22-26-19(18)6-3-7-21(26)27(32)30(28(22)33)12-4-11-29-13-15-34-16-14-29/h1-3,5-10,17H,4,11-16H2. The van der Waals surface area contributed by atoms with Gasteiger partial charge in [-0.1, -0.05) is 24.3 Å². The van der Waals surface area contributed by atoms with E-state index in [2.05, 4.69) is 4.90 Å². The van der Waals surface area contributed by atoms with Gasteiger partial charge in [-0.3, -0.25) is 24.2 Å². The Morgan fingerprint density at radius 3 is 2.29 bits per heavy atom. The van der Waals surface area contributed by atoms with Gasteiger partial charge in [0.15, 0.2) is 5.43 Å². The van der Waals surface area contributed by atoms with Gasteiger partial charge in [0.1, 0.15) is 11.3 Å². The third kappa shape index (κ3) is 3.73. The SMILES string of the molecule is O=C1c2cccc3c(-c4cc(=O)c5ccccc5o4)ccc(c23)C(=O)N1CCCN1CCOCC1. The number of carbonyl (C=O) groups excluding carboxylic acids is 2. The average molecular weight is 469 g/mol. The first-order chi connectivity index (χ1) is 17.1. The van der Waals surface area contributed by atoms with E-state index in [0.29, 0.717) is 57.2 Å². The van der Waals surface area contributed by atoms with Gasteiger partial charge >= 0.3 is 0 Å². The van der Waals surface area contributed by atoms with Gasteiger partial charge in [0.2, 0.25) is 0 Å². The van der Waals surface area contributed by atoms with Crippen molar-refractivity contribution in [1.82, 2.24) is 9.80 Å². The van der Waals surface area contributed by atoms with Crippen LogP contribution in [0.4, 0.5) is 0 Å². The lowest BCUT2D eigenvalue weighted by Gasteiger charge is -2.30. The molecule has 0 N–H and O–H groups in total. The number of morpholine rings is 1. The number of hydrogen-bond acceptors (Lipinski definition) is 6. The molecular weight excluding hydrogens is 444 g/mol. The zero-order valence-corrected chi connectivity index (χ0v) is 19.2. The minimum absolute atomic E-state index is 0.138. The Morgan fingerprint density at radius 1 is 0.743 bits per heavy atom. The summed E-state index contributed by atoms with van der Waals surface area (Å²) < 4.78 is 11.4. The highest BCUT2D eigenvalue weighted by Crippen LogP contribution is 2.36. The Kier molecular flexibility index (Phi) is 5.43. The van der Waals surface area contributed by atoms with Gasteiger partial charge < -0.3 is 9.15 Å². The summed E-state index contributed by atoms with van der Waals surface area (Å²) in [5.41, 5.74) is 2.02. The van der Waals surface area contributed by atoms with Crippen LogP contribution in [0, 0.1) is 0 Å². The average Bonchev–Trinajstić information content (AvgIpc) is 2.89. The maximum Gasteiger partial charge on any atom is 0.261 e. The fourth-order valence-corrected chi connectivity index (χ4v) is 5.08. The molecule has 6 rings (SSSR count). The van der Waals surface area contributed by atoms with Crippen molar-refractivity contribution in [2.45, 2.75) is 6.42 Å². The first-order valence-corrected chi connectivity index (χ1v) is 11.9. The molecule has 3 heterocycles. The second-order valence-electron chi connectivity index (χ2n) is 8.93. The second kappa shape index (κ2) is 8.76. The van der Waals surface area contributed by atoms with Gasteiger partial charge in [-0.2, -0.15) is 0 Å². The Labute approximate surface area is 201 Å². The van der Waals surface area contributed by atoms with Gasteiger partial charge in [-0.15, -0.1) is 0 Å². The van der Waals surface area contributed by atoms with E-state index in [0.717, 1.165) is 32.8 Å². The first-order valence-electron chi connectivity index (χ1n) is 11.9. The fraction of sp³-hybridized carbons (Fsp3) is 0.250. The lowest BCUT2D eigenvalue weighted by Crippen LogP contribution is -2.43. The van der Waals surface area contributed by atoms with E-state index in [9.17, 15) is 14.4 Å². The number of benzene rings is 3. The molecule has 3 aromatic carbocycles. The molecule has 1 fully saturated rings. The van der Waals surface area contributed by atoms with Gasteiger partial charge in [-0.25, -0.2) is 0 Å². The number of ether oxygens (including phenoxy) is 1. The lowest BCUT2D eigenvalue weighted by molar-refractivity contribution is 0.0352. The molecule has 2 aliphatic rings. The number of imide groups is 1. The minimum atomic E-state index is -0.285. The molecule has 35 heavy (non-hydrogen) atoms. The molecule has 0 spiro atoms. The Balaban J connectivity index is 1.36. The van der Waals surface area contributed by atoms with Crippen LogP contribution in [0.3, 0.4) is 0 Å². The van der Waals surface area contributed by atoms with Crippen LogP contribution in [-0.2, 0) is 4.74 Å². The van der Waals surface area contributed by atoms with E-state index in [1.165, 1.54) is 11.0 Å². The summed E-state index contributed by atoms with van der Waals surface area (Å²) in [6.45, 7) is 4.37. The highest BCUT2D eigenvalue weighted by Gasteiger charge is 2.33. The van der Waals surface area contributed by atoms with Crippen LogP contribution in [0.1, 0.15) is 27.1 Å². The van der Waals surface area contributed by atoms with Crippen LogP contribution >= 0.6 is 0 Å². The molecule has 2 aliphatic heterocycles. The molecule has 7 nitrogen and oxygen atoms in total. The summed E-state index contributed by atoms with van der Waals surface area (Å²) >= 11 is 0. The monoisotopic (exact) mass is 468 g/mol. The van der Waals surface area contributed by atoms with Crippen LogP contribution in [0.2, 0.25) is 0 Å². The molecule has 1 saturated heterocycles. The summed E-state index contributed by atoms with van der Waals surface area (Å²) in [5.74, 6) is -0.162. The number of amides is 2. The van der Waals surface area contributed by atoms with Crippen molar-refractivity contribution in [2.24, 2.45) is 0 Å². The molecule has 1 aromatic heterocycles. The van der Waals surface area contributed by atoms with Crippen LogP contribution in [0.25, 0.3) is 33.1 Å². The molecule has 0 atom stereocenters. The van der Waals surface area contributed by atoms with Crippen molar-refractivity contribution in [1.29, 1.82) is 0 Å².